The van der Waals surface area contributed by atoms with Crippen molar-refractivity contribution in [3.05, 3.63) is 63.6 Å². The Kier molecular flexibility index (Phi) is 6.14. The van der Waals surface area contributed by atoms with Crippen molar-refractivity contribution < 1.29 is 26.4 Å². The Bertz CT molecular complexity index is 1020. The van der Waals surface area contributed by atoms with Crippen molar-refractivity contribution in [2.45, 2.75) is 11.1 Å². The fourth-order valence-electron chi connectivity index (χ4n) is 2.90. The summed E-state index contributed by atoms with van der Waals surface area (Å²) < 4.78 is 64.6. The maximum absolute atomic E-state index is 12.7. The van der Waals surface area contributed by atoms with Gasteiger partial charge in [0.25, 0.3) is 5.91 Å². The van der Waals surface area contributed by atoms with E-state index in [1.54, 1.807) is 0 Å². The van der Waals surface area contributed by atoms with Crippen LogP contribution in [0.4, 0.5) is 13.2 Å². The maximum atomic E-state index is 12.7. The molecule has 1 aliphatic rings. The highest BCUT2D eigenvalue weighted by Crippen LogP contribution is 2.30. The molecule has 1 aliphatic heterocycles. The number of alkyl halides is 3. The molecule has 0 spiro atoms. The Hall–Kier alpha value is -1.81. The van der Waals surface area contributed by atoms with Gasteiger partial charge in [0.2, 0.25) is 10.0 Å². The molecule has 1 heterocycles. The Morgan fingerprint density at radius 3 is 2.00 bits per heavy atom. The van der Waals surface area contributed by atoms with E-state index < -0.39 is 27.7 Å². The smallest absolute Gasteiger partial charge is 0.336 e. The molecule has 0 radical (unpaired) electrons. The number of rotatable bonds is 3. The molecule has 0 N–H and O–H groups in total. The zero-order valence-electron chi connectivity index (χ0n) is 14.8. The number of halogens is 5. The van der Waals surface area contributed by atoms with E-state index in [2.05, 4.69) is 0 Å². The molecule has 1 saturated heterocycles. The second-order valence-electron chi connectivity index (χ2n) is 6.35. The predicted molar refractivity (Wildman–Crippen MR) is 103 cm³/mol. The first-order valence-electron chi connectivity index (χ1n) is 8.42. The third-order valence-electron chi connectivity index (χ3n) is 4.51. The fraction of sp³-hybridized carbons (Fsp3) is 0.278. The number of hydrogen-bond acceptors (Lipinski definition) is 3. The van der Waals surface area contributed by atoms with E-state index in [0.717, 1.165) is 24.3 Å². The van der Waals surface area contributed by atoms with Gasteiger partial charge in [-0.3, -0.25) is 4.79 Å². The van der Waals surface area contributed by atoms with Crippen LogP contribution in [0, 0.1) is 0 Å². The number of carbonyl (C=O) groups is 1. The normalized spacial score (nSPS) is 16.1. The van der Waals surface area contributed by atoms with Gasteiger partial charge in [-0.15, -0.1) is 0 Å². The molecule has 0 unspecified atom stereocenters. The van der Waals surface area contributed by atoms with Crippen LogP contribution in [0.15, 0.2) is 47.4 Å². The molecule has 11 heteroatoms. The summed E-state index contributed by atoms with van der Waals surface area (Å²) in [5.74, 6) is -0.453. The first kappa shape index (κ1) is 21.9. The van der Waals surface area contributed by atoms with E-state index in [1.807, 2.05) is 0 Å². The number of carbonyl (C=O) groups excluding carboxylic acids is 1. The second-order valence-corrected chi connectivity index (χ2v) is 9.10. The van der Waals surface area contributed by atoms with Crippen LogP contribution in [-0.4, -0.2) is 49.7 Å². The van der Waals surface area contributed by atoms with Gasteiger partial charge in [-0.05, 0) is 42.5 Å². The van der Waals surface area contributed by atoms with Gasteiger partial charge in [-0.1, -0.05) is 23.2 Å². The van der Waals surface area contributed by atoms with Crippen LogP contribution in [-0.2, 0) is 16.2 Å². The van der Waals surface area contributed by atoms with Crippen molar-refractivity contribution in [3.63, 3.8) is 0 Å². The van der Waals surface area contributed by atoms with Gasteiger partial charge in [0.15, 0.2) is 0 Å². The Morgan fingerprint density at radius 1 is 0.897 bits per heavy atom. The largest absolute Gasteiger partial charge is 0.416 e. The van der Waals surface area contributed by atoms with Crippen molar-refractivity contribution in [1.82, 2.24) is 9.21 Å². The van der Waals surface area contributed by atoms with E-state index in [1.165, 1.54) is 27.4 Å². The summed E-state index contributed by atoms with van der Waals surface area (Å²) in [6.07, 6.45) is -4.48. The van der Waals surface area contributed by atoms with Crippen molar-refractivity contribution in [2.75, 3.05) is 26.2 Å². The molecule has 3 rings (SSSR count). The number of piperazine rings is 1. The third-order valence-corrected chi connectivity index (χ3v) is 7.15. The van der Waals surface area contributed by atoms with Crippen molar-refractivity contribution in [1.29, 1.82) is 0 Å². The van der Waals surface area contributed by atoms with Crippen LogP contribution >= 0.6 is 23.2 Å². The molecule has 0 aliphatic carbocycles. The summed E-state index contributed by atoms with van der Waals surface area (Å²) in [5.41, 5.74) is -0.731. The van der Waals surface area contributed by atoms with E-state index in [4.69, 9.17) is 23.2 Å². The van der Waals surface area contributed by atoms with Gasteiger partial charge in [0.1, 0.15) is 0 Å². The summed E-state index contributed by atoms with van der Waals surface area (Å²) in [7, 11) is -3.81. The molecule has 0 atom stereocenters. The van der Waals surface area contributed by atoms with Crippen LogP contribution in [0.3, 0.4) is 0 Å². The first-order valence-corrected chi connectivity index (χ1v) is 10.6. The van der Waals surface area contributed by atoms with Crippen LogP contribution in [0.5, 0.6) is 0 Å². The molecule has 5 nitrogen and oxygen atoms in total. The third kappa shape index (κ3) is 4.69. The molecule has 0 bridgehead atoms. The van der Waals surface area contributed by atoms with E-state index >= 15 is 0 Å². The summed E-state index contributed by atoms with van der Waals surface area (Å²) in [5, 5.41) is 0.349. The molecule has 156 valence electrons. The zero-order chi connectivity index (χ0) is 21.4. The Balaban J connectivity index is 1.68. The van der Waals surface area contributed by atoms with Gasteiger partial charge in [0.05, 0.1) is 20.5 Å². The van der Waals surface area contributed by atoms with Crippen LogP contribution < -0.4 is 0 Å². The number of nitrogens with zero attached hydrogens (tertiary/aromatic N) is 2. The molecule has 0 saturated carbocycles. The number of hydrogen-bond donors (Lipinski definition) is 0. The lowest BCUT2D eigenvalue weighted by Gasteiger charge is -2.34. The molecular formula is C18H15Cl2F3N2O3S. The summed E-state index contributed by atoms with van der Waals surface area (Å²) >= 11 is 11.7. The molecule has 2 aromatic rings. The number of amides is 1. The van der Waals surface area contributed by atoms with Gasteiger partial charge < -0.3 is 4.90 Å². The van der Waals surface area contributed by atoms with E-state index in [0.29, 0.717) is 0 Å². The summed E-state index contributed by atoms with van der Waals surface area (Å²) in [6, 6.07) is 7.92. The summed E-state index contributed by atoms with van der Waals surface area (Å²) in [4.78, 5) is 13.9. The molecule has 29 heavy (non-hydrogen) atoms. The molecular weight excluding hydrogens is 452 g/mol. The van der Waals surface area contributed by atoms with Gasteiger partial charge in [0, 0.05) is 31.7 Å². The van der Waals surface area contributed by atoms with Gasteiger partial charge >= 0.3 is 6.18 Å². The minimum Gasteiger partial charge on any atom is -0.336 e. The van der Waals surface area contributed by atoms with E-state index in [-0.39, 0.29) is 46.7 Å². The van der Waals surface area contributed by atoms with Gasteiger partial charge in [-0.25, -0.2) is 8.42 Å². The minimum atomic E-state index is -4.48. The standard InChI is InChI=1S/C18H15Cl2F3N2O3S/c19-15-6-5-14(11-16(15)20)29(27,28)25-9-7-24(8-10-25)17(26)12-1-3-13(4-2-12)18(21,22)23/h1-6,11H,7-10H2. The predicted octanol–water partition coefficient (Wildman–Crippen LogP) is 4.16. The first-order chi connectivity index (χ1) is 13.5. The number of sulfonamides is 1. The fourth-order valence-corrected chi connectivity index (χ4v) is 4.71. The maximum Gasteiger partial charge on any atom is 0.416 e. The summed E-state index contributed by atoms with van der Waals surface area (Å²) in [6.45, 7) is 0.324. The lowest BCUT2D eigenvalue weighted by atomic mass is 10.1. The lowest BCUT2D eigenvalue weighted by molar-refractivity contribution is -0.137. The number of benzene rings is 2. The van der Waals surface area contributed by atoms with Crippen molar-refractivity contribution in [2.24, 2.45) is 0 Å². The quantitative estimate of drug-likeness (QED) is 0.682. The van der Waals surface area contributed by atoms with Crippen molar-refractivity contribution in [3.8, 4) is 0 Å². The van der Waals surface area contributed by atoms with Gasteiger partial charge in [-0.2, -0.15) is 17.5 Å². The molecule has 1 fully saturated rings. The highest BCUT2D eigenvalue weighted by Gasteiger charge is 2.32. The van der Waals surface area contributed by atoms with Crippen LogP contribution in [0.2, 0.25) is 10.0 Å². The average molecular weight is 467 g/mol. The topological polar surface area (TPSA) is 57.7 Å². The SMILES string of the molecule is O=C(c1ccc(C(F)(F)F)cc1)N1CCN(S(=O)(=O)c2ccc(Cl)c(Cl)c2)CC1. The highest BCUT2D eigenvalue weighted by molar-refractivity contribution is 7.89. The lowest BCUT2D eigenvalue weighted by Crippen LogP contribution is -2.50. The zero-order valence-corrected chi connectivity index (χ0v) is 17.1. The molecule has 2 aromatic carbocycles. The van der Waals surface area contributed by atoms with Crippen LogP contribution in [0.25, 0.3) is 0 Å². The molecule has 1 amide bonds. The van der Waals surface area contributed by atoms with E-state index in [9.17, 15) is 26.4 Å². The minimum absolute atomic E-state index is 0.00517. The van der Waals surface area contributed by atoms with Crippen LogP contribution in [0.1, 0.15) is 15.9 Å². The Morgan fingerprint density at radius 2 is 1.48 bits per heavy atom. The van der Waals surface area contributed by atoms with Crippen molar-refractivity contribution >= 4 is 39.1 Å². The second kappa shape index (κ2) is 8.14. The Labute approximate surface area is 175 Å². The molecule has 0 aromatic heterocycles. The highest BCUT2D eigenvalue weighted by atomic mass is 35.5. The average Bonchev–Trinajstić information content (AvgIpc) is 2.69. The monoisotopic (exact) mass is 466 g/mol.